The number of thiophene rings is 1. The summed E-state index contributed by atoms with van der Waals surface area (Å²) < 4.78 is 7.94. The summed E-state index contributed by atoms with van der Waals surface area (Å²) in [6.45, 7) is 0.691. The standard InChI is InChI=1S/C22H20N4OS2/c28-22-25-24-21(20-9-5-15-29-20)26(22)23-16-18-10-12-19(13-11-18)27-14-4-8-17-6-2-1-3-7-17/h1-3,5-7,9-13,15-16H,4,8,14H2,(H,25,28)/b23-16-. The smallest absolute Gasteiger partial charge is 0.216 e. The van der Waals surface area contributed by atoms with E-state index in [1.165, 1.54) is 5.56 Å². The quantitative estimate of drug-likeness (QED) is 0.231. The molecule has 2 aromatic carbocycles. The Morgan fingerprint density at radius 1 is 1.07 bits per heavy atom. The maximum atomic E-state index is 5.84. The van der Waals surface area contributed by atoms with Crippen LogP contribution in [0.1, 0.15) is 17.5 Å². The fourth-order valence-corrected chi connectivity index (χ4v) is 3.73. The molecule has 1 N–H and O–H groups in total. The molecule has 0 aliphatic heterocycles. The maximum absolute atomic E-state index is 5.84. The van der Waals surface area contributed by atoms with Crippen molar-refractivity contribution in [3.05, 3.63) is 88.0 Å². The van der Waals surface area contributed by atoms with E-state index >= 15 is 0 Å². The van der Waals surface area contributed by atoms with Crippen LogP contribution in [0.15, 0.2) is 77.2 Å². The molecule has 0 amide bonds. The molecule has 2 aromatic heterocycles. The first-order valence-corrected chi connectivity index (χ1v) is 10.6. The molecule has 0 saturated heterocycles. The van der Waals surface area contributed by atoms with Gasteiger partial charge in [0.05, 0.1) is 17.7 Å². The van der Waals surface area contributed by atoms with Crippen molar-refractivity contribution in [2.75, 3.05) is 6.61 Å². The highest BCUT2D eigenvalue weighted by Crippen LogP contribution is 2.22. The van der Waals surface area contributed by atoms with Gasteiger partial charge in [0.15, 0.2) is 5.82 Å². The summed E-state index contributed by atoms with van der Waals surface area (Å²) in [5, 5.41) is 13.6. The van der Waals surface area contributed by atoms with Crippen LogP contribution in [0, 0.1) is 4.77 Å². The number of rotatable bonds is 8. The van der Waals surface area contributed by atoms with Gasteiger partial charge in [-0.1, -0.05) is 36.4 Å². The monoisotopic (exact) mass is 420 g/mol. The molecule has 7 heteroatoms. The van der Waals surface area contributed by atoms with Gasteiger partial charge in [0, 0.05) is 0 Å². The molecular formula is C22H20N4OS2. The van der Waals surface area contributed by atoms with Crippen molar-refractivity contribution in [2.24, 2.45) is 5.10 Å². The Kier molecular flexibility index (Phi) is 6.29. The Hall–Kier alpha value is -3.03. The van der Waals surface area contributed by atoms with Crippen LogP contribution in [0.4, 0.5) is 0 Å². The van der Waals surface area contributed by atoms with Gasteiger partial charge >= 0.3 is 0 Å². The summed E-state index contributed by atoms with van der Waals surface area (Å²) >= 11 is 6.89. The summed E-state index contributed by atoms with van der Waals surface area (Å²) in [6, 6.07) is 22.3. The first kappa shape index (κ1) is 19.3. The van der Waals surface area contributed by atoms with Crippen molar-refractivity contribution in [1.82, 2.24) is 14.9 Å². The van der Waals surface area contributed by atoms with E-state index in [1.54, 1.807) is 22.2 Å². The van der Waals surface area contributed by atoms with E-state index in [1.807, 2.05) is 47.8 Å². The van der Waals surface area contributed by atoms with Crippen LogP contribution in [0.5, 0.6) is 5.75 Å². The largest absolute Gasteiger partial charge is 0.494 e. The molecule has 4 rings (SSSR count). The zero-order valence-corrected chi connectivity index (χ0v) is 17.3. The fourth-order valence-electron chi connectivity index (χ4n) is 2.85. The second-order valence-corrected chi connectivity index (χ2v) is 7.73. The first-order chi connectivity index (χ1) is 14.3. The van der Waals surface area contributed by atoms with Gasteiger partial charge in [-0.3, -0.25) is 0 Å². The SMILES string of the molecule is S=c1[nH]nc(-c2cccs2)n1/N=C\c1ccc(OCCCc2ccccc2)cc1. The van der Waals surface area contributed by atoms with Crippen LogP contribution in [-0.4, -0.2) is 27.7 Å². The van der Waals surface area contributed by atoms with Gasteiger partial charge in [0.2, 0.25) is 4.77 Å². The average Bonchev–Trinajstić information content (AvgIpc) is 3.41. The third-order valence-electron chi connectivity index (χ3n) is 4.32. The summed E-state index contributed by atoms with van der Waals surface area (Å²) in [4.78, 5) is 1.01. The van der Waals surface area contributed by atoms with Gasteiger partial charge < -0.3 is 4.74 Å². The average molecular weight is 421 g/mol. The predicted molar refractivity (Wildman–Crippen MR) is 120 cm³/mol. The summed E-state index contributed by atoms with van der Waals surface area (Å²) in [6.07, 6.45) is 3.77. The number of aromatic amines is 1. The molecule has 0 fully saturated rings. The predicted octanol–water partition coefficient (Wildman–Crippen LogP) is 5.56. The van der Waals surface area contributed by atoms with Gasteiger partial charge in [-0.05, 0) is 71.9 Å². The molecule has 0 spiro atoms. The van der Waals surface area contributed by atoms with Gasteiger partial charge in [-0.25, -0.2) is 5.10 Å². The zero-order chi connectivity index (χ0) is 19.9. The molecule has 0 atom stereocenters. The molecule has 0 aliphatic rings. The van der Waals surface area contributed by atoms with Crippen molar-refractivity contribution in [2.45, 2.75) is 12.8 Å². The minimum Gasteiger partial charge on any atom is -0.494 e. The van der Waals surface area contributed by atoms with E-state index in [9.17, 15) is 0 Å². The third-order valence-corrected chi connectivity index (χ3v) is 5.45. The van der Waals surface area contributed by atoms with Crippen molar-refractivity contribution in [1.29, 1.82) is 0 Å². The van der Waals surface area contributed by atoms with Crippen LogP contribution < -0.4 is 4.74 Å². The van der Waals surface area contributed by atoms with Gasteiger partial charge in [-0.2, -0.15) is 14.9 Å². The number of nitrogens with zero attached hydrogens (tertiary/aromatic N) is 3. The van der Waals surface area contributed by atoms with Crippen LogP contribution >= 0.6 is 23.6 Å². The molecule has 2 heterocycles. The first-order valence-electron chi connectivity index (χ1n) is 9.32. The van der Waals surface area contributed by atoms with E-state index in [2.05, 4.69) is 39.6 Å². The lowest BCUT2D eigenvalue weighted by atomic mass is 10.1. The topological polar surface area (TPSA) is 55.2 Å². The lowest BCUT2D eigenvalue weighted by molar-refractivity contribution is 0.311. The van der Waals surface area contributed by atoms with Gasteiger partial charge in [0.25, 0.3) is 0 Å². The molecule has 0 bridgehead atoms. The number of aromatic nitrogens is 3. The summed E-state index contributed by atoms with van der Waals surface area (Å²) in [7, 11) is 0. The number of ether oxygens (including phenoxy) is 1. The highest BCUT2D eigenvalue weighted by atomic mass is 32.1. The van der Waals surface area contributed by atoms with E-state index in [0.717, 1.165) is 29.0 Å². The Morgan fingerprint density at radius 2 is 1.90 bits per heavy atom. The number of nitrogens with one attached hydrogen (secondary N) is 1. The second kappa shape index (κ2) is 9.45. The van der Waals surface area contributed by atoms with Crippen LogP contribution in [0.25, 0.3) is 10.7 Å². The normalized spacial score (nSPS) is 11.2. The summed E-state index contributed by atoms with van der Waals surface area (Å²) in [5.74, 6) is 1.56. The minimum absolute atomic E-state index is 0.461. The van der Waals surface area contributed by atoms with E-state index in [0.29, 0.717) is 17.2 Å². The van der Waals surface area contributed by atoms with E-state index in [4.69, 9.17) is 17.0 Å². The number of aryl methyl sites for hydroxylation is 1. The molecule has 0 radical (unpaired) electrons. The number of hydrogen-bond donors (Lipinski definition) is 1. The van der Waals surface area contributed by atoms with Crippen molar-refractivity contribution in [3.8, 4) is 16.5 Å². The fraction of sp³-hybridized carbons (Fsp3) is 0.136. The van der Waals surface area contributed by atoms with Crippen LogP contribution in [0.3, 0.4) is 0 Å². The number of H-pyrrole nitrogens is 1. The van der Waals surface area contributed by atoms with E-state index < -0.39 is 0 Å². The Morgan fingerprint density at radius 3 is 2.66 bits per heavy atom. The molecule has 146 valence electrons. The van der Waals surface area contributed by atoms with Crippen molar-refractivity contribution >= 4 is 29.8 Å². The number of benzene rings is 2. The lowest BCUT2D eigenvalue weighted by Gasteiger charge is -2.06. The van der Waals surface area contributed by atoms with Crippen LogP contribution in [0.2, 0.25) is 0 Å². The van der Waals surface area contributed by atoms with Gasteiger partial charge in [0.1, 0.15) is 5.75 Å². The summed E-state index contributed by atoms with van der Waals surface area (Å²) in [5.41, 5.74) is 2.30. The molecule has 0 unspecified atom stereocenters. The Labute approximate surface area is 178 Å². The lowest BCUT2D eigenvalue weighted by Crippen LogP contribution is -1.99. The second-order valence-electron chi connectivity index (χ2n) is 6.39. The zero-order valence-electron chi connectivity index (χ0n) is 15.7. The maximum Gasteiger partial charge on any atom is 0.216 e. The molecule has 4 aromatic rings. The van der Waals surface area contributed by atoms with Crippen molar-refractivity contribution in [3.63, 3.8) is 0 Å². The highest BCUT2D eigenvalue weighted by Gasteiger charge is 2.08. The van der Waals surface area contributed by atoms with Crippen LogP contribution in [-0.2, 0) is 6.42 Å². The molecular weight excluding hydrogens is 400 g/mol. The Balaban J connectivity index is 1.34. The van der Waals surface area contributed by atoms with Gasteiger partial charge in [-0.15, -0.1) is 11.3 Å². The molecule has 0 aliphatic carbocycles. The molecule has 29 heavy (non-hydrogen) atoms. The minimum atomic E-state index is 0.461. The molecule has 0 saturated carbocycles. The highest BCUT2D eigenvalue weighted by molar-refractivity contribution is 7.71. The Bertz CT molecular complexity index is 1110. The van der Waals surface area contributed by atoms with Crippen molar-refractivity contribution < 1.29 is 4.74 Å². The molecule has 5 nitrogen and oxygen atoms in total. The third kappa shape index (κ3) is 5.07. The van der Waals surface area contributed by atoms with E-state index in [-0.39, 0.29) is 0 Å². The number of hydrogen-bond acceptors (Lipinski definition) is 5.